The third-order valence-corrected chi connectivity index (χ3v) is 5.84. The van der Waals surface area contributed by atoms with Gasteiger partial charge in [0.25, 0.3) is 0 Å². The molecule has 2 amide bonds. The third-order valence-electron chi connectivity index (χ3n) is 5.61. The highest BCUT2D eigenvalue weighted by Crippen LogP contribution is 2.24. The first-order chi connectivity index (χ1) is 14.1. The molecular formula is C22H35ClN4O3. The number of piperidine rings is 1. The zero-order valence-electron chi connectivity index (χ0n) is 18.8. The van der Waals surface area contributed by atoms with E-state index >= 15 is 0 Å². The number of pyridine rings is 1. The topological polar surface area (TPSA) is 83.6 Å². The van der Waals surface area contributed by atoms with E-state index in [1.807, 2.05) is 46.8 Å². The maximum atomic E-state index is 13.0. The Morgan fingerprint density at radius 2 is 1.83 bits per heavy atom. The van der Waals surface area contributed by atoms with Crippen molar-refractivity contribution in [3.8, 4) is 0 Å². The van der Waals surface area contributed by atoms with Crippen LogP contribution in [-0.2, 0) is 9.53 Å². The minimum Gasteiger partial charge on any atom is -0.444 e. The van der Waals surface area contributed by atoms with Crippen molar-refractivity contribution >= 4 is 29.4 Å². The average Bonchev–Trinajstić information content (AvgIpc) is 2.70. The number of hydrogen-bond donors (Lipinski definition) is 2. The molecule has 1 saturated heterocycles. The van der Waals surface area contributed by atoms with Crippen LogP contribution >= 0.6 is 11.6 Å². The van der Waals surface area contributed by atoms with E-state index in [4.69, 9.17) is 16.3 Å². The number of hydrogen-bond acceptors (Lipinski definition) is 5. The number of amides is 2. The molecule has 2 rings (SSSR count). The summed E-state index contributed by atoms with van der Waals surface area (Å²) >= 11 is 5.91. The minimum absolute atomic E-state index is 0.0486. The first-order valence-electron chi connectivity index (χ1n) is 10.7. The van der Waals surface area contributed by atoms with Gasteiger partial charge in [-0.3, -0.25) is 4.79 Å². The second-order valence-electron chi connectivity index (χ2n) is 8.93. The molecule has 1 aromatic heterocycles. The van der Waals surface area contributed by atoms with Gasteiger partial charge < -0.3 is 20.3 Å². The molecule has 1 aliphatic rings. The summed E-state index contributed by atoms with van der Waals surface area (Å²) in [6, 6.07) is 3.74. The quantitative estimate of drug-likeness (QED) is 0.668. The van der Waals surface area contributed by atoms with Gasteiger partial charge in [0.1, 0.15) is 11.4 Å². The van der Waals surface area contributed by atoms with E-state index in [1.54, 1.807) is 6.20 Å². The molecule has 168 valence electrons. The van der Waals surface area contributed by atoms with Crippen LogP contribution in [0.25, 0.3) is 0 Å². The molecule has 0 unspecified atom stereocenters. The predicted octanol–water partition coefficient (Wildman–Crippen LogP) is 4.15. The first-order valence-corrected chi connectivity index (χ1v) is 11.1. The fraction of sp³-hybridized carbons (Fsp3) is 0.682. The predicted molar refractivity (Wildman–Crippen MR) is 120 cm³/mol. The highest BCUT2D eigenvalue weighted by molar-refractivity contribution is 6.30. The lowest BCUT2D eigenvalue weighted by Crippen LogP contribution is -2.57. The molecule has 1 aliphatic heterocycles. The van der Waals surface area contributed by atoms with Crippen LogP contribution in [0.2, 0.25) is 5.02 Å². The Labute approximate surface area is 184 Å². The molecular weight excluding hydrogens is 404 g/mol. The van der Waals surface area contributed by atoms with Crippen LogP contribution in [0, 0.1) is 5.92 Å². The van der Waals surface area contributed by atoms with Crippen LogP contribution in [0.3, 0.4) is 0 Å². The summed E-state index contributed by atoms with van der Waals surface area (Å²) in [6.45, 7) is 11.4. The molecule has 0 radical (unpaired) electrons. The van der Waals surface area contributed by atoms with Crippen LogP contribution in [0.15, 0.2) is 18.3 Å². The summed E-state index contributed by atoms with van der Waals surface area (Å²) in [5, 5.41) is 6.65. The standard InChI is InChI=1S/C22H35ClN4O3/c1-6-22(7-2,15-25-20(29)30-21(3,4)5)26-19(28)16-10-12-27(13-11-16)18-9-8-17(23)14-24-18/h8-9,14,16H,6-7,10-13,15H2,1-5H3,(H,25,29)(H,26,28). The van der Waals surface area contributed by atoms with E-state index < -0.39 is 17.2 Å². The van der Waals surface area contributed by atoms with Crippen molar-refractivity contribution in [2.24, 2.45) is 5.92 Å². The largest absolute Gasteiger partial charge is 0.444 e. The first kappa shape index (κ1) is 24.3. The fourth-order valence-corrected chi connectivity index (χ4v) is 3.68. The van der Waals surface area contributed by atoms with Crippen molar-refractivity contribution in [3.05, 3.63) is 23.4 Å². The molecule has 8 heteroatoms. The van der Waals surface area contributed by atoms with Gasteiger partial charge >= 0.3 is 6.09 Å². The number of ether oxygens (including phenoxy) is 1. The molecule has 2 N–H and O–H groups in total. The second kappa shape index (κ2) is 10.3. The van der Waals surface area contributed by atoms with Crippen molar-refractivity contribution in [1.29, 1.82) is 0 Å². The number of carbonyl (C=O) groups excluding carboxylic acids is 2. The molecule has 0 saturated carbocycles. The molecule has 0 aliphatic carbocycles. The van der Waals surface area contributed by atoms with Crippen LogP contribution in [0.1, 0.15) is 60.3 Å². The zero-order chi connectivity index (χ0) is 22.4. The molecule has 0 aromatic carbocycles. The number of halogens is 1. The number of carbonyl (C=O) groups is 2. The smallest absolute Gasteiger partial charge is 0.407 e. The van der Waals surface area contributed by atoms with E-state index in [-0.39, 0.29) is 11.8 Å². The Kier molecular flexibility index (Phi) is 8.35. The highest BCUT2D eigenvalue weighted by Gasteiger charge is 2.33. The van der Waals surface area contributed by atoms with Crippen LogP contribution in [-0.4, -0.2) is 47.8 Å². The van der Waals surface area contributed by atoms with Gasteiger partial charge in [0, 0.05) is 31.7 Å². The zero-order valence-corrected chi connectivity index (χ0v) is 19.5. The molecule has 0 bridgehead atoms. The SMILES string of the molecule is CCC(CC)(CNC(=O)OC(C)(C)C)NC(=O)C1CCN(c2ccc(Cl)cn2)CC1. The van der Waals surface area contributed by atoms with Crippen molar-refractivity contribution in [1.82, 2.24) is 15.6 Å². The van der Waals surface area contributed by atoms with Gasteiger partial charge in [0.15, 0.2) is 0 Å². The number of alkyl carbamates (subject to hydrolysis) is 1. The second-order valence-corrected chi connectivity index (χ2v) is 9.36. The van der Waals surface area contributed by atoms with Gasteiger partial charge in [-0.15, -0.1) is 0 Å². The highest BCUT2D eigenvalue weighted by atomic mass is 35.5. The summed E-state index contributed by atoms with van der Waals surface area (Å²) < 4.78 is 5.32. The summed E-state index contributed by atoms with van der Waals surface area (Å²) in [4.78, 5) is 31.6. The molecule has 1 fully saturated rings. The molecule has 0 spiro atoms. The molecule has 7 nitrogen and oxygen atoms in total. The molecule has 0 atom stereocenters. The summed E-state index contributed by atoms with van der Waals surface area (Å²) in [7, 11) is 0. The number of anilines is 1. The van der Waals surface area contributed by atoms with E-state index in [9.17, 15) is 9.59 Å². The fourth-order valence-electron chi connectivity index (χ4n) is 3.57. The Hall–Kier alpha value is -2.02. The number of nitrogens with one attached hydrogen (secondary N) is 2. The number of aromatic nitrogens is 1. The lowest BCUT2D eigenvalue weighted by molar-refractivity contribution is -0.127. The Morgan fingerprint density at radius 1 is 1.20 bits per heavy atom. The molecule has 1 aromatic rings. The lowest BCUT2D eigenvalue weighted by Gasteiger charge is -2.37. The van der Waals surface area contributed by atoms with Crippen LogP contribution < -0.4 is 15.5 Å². The van der Waals surface area contributed by atoms with Gasteiger partial charge in [-0.2, -0.15) is 0 Å². The van der Waals surface area contributed by atoms with Gasteiger partial charge in [0.2, 0.25) is 5.91 Å². The van der Waals surface area contributed by atoms with E-state index in [2.05, 4.69) is 20.5 Å². The van der Waals surface area contributed by atoms with E-state index in [0.29, 0.717) is 11.6 Å². The van der Waals surface area contributed by atoms with Gasteiger partial charge in [-0.05, 0) is 58.6 Å². The van der Waals surface area contributed by atoms with Crippen molar-refractivity contribution in [2.45, 2.75) is 71.4 Å². The van der Waals surface area contributed by atoms with Crippen molar-refractivity contribution < 1.29 is 14.3 Å². The maximum absolute atomic E-state index is 13.0. The van der Waals surface area contributed by atoms with Gasteiger partial charge in [0.05, 0.1) is 10.6 Å². The Bertz CT molecular complexity index is 706. The number of rotatable bonds is 7. The monoisotopic (exact) mass is 438 g/mol. The van der Waals surface area contributed by atoms with Crippen LogP contribution in [0.4, 0.5) is 10.6 Å². The maximum Gasteiger partial charge on any atom is 0.407 e. The summed E-state index contributed by atoms with van der Waals surface area (Å²) in [6.07, 6.45) is 4.14. The van der Waals surface area contributed by atoms with Crippen molar-refractivity contribution in [3.63, 3.8) is 0 Å². The average molecular weight is 439 g/mol. The van der Waals surface area contributed by atoms with Gasteiger partial charge in [-0.25, -0.2) is 9.78 Å². The van der Waals surface area contributed by atoms with Gasteiger partial charge in [-0.1, -0.05) is 25.4 Å². The number of nitrogens with zero attached hydrogens (tertiary/aromatic N) is 2. The Morgan fingerprint density at radius 3 is 2.33 bits per heavy atom. The molecule has 2 heterocycles. The summed E-state index contributed by atoms with van der Waals surface area (Å²) in [5.74, 6) is 0.886. The Balaban J connectivity index is 1.90. The summed E-state index contributed by atoms with van der Waals surface area (Å²) in [5.41, 5.74) is -1.04. The van der Waals surface area contributed by atoms with Crippen molar-refractivity contribution in [2.75, 3.05) is 24.5 Å². The minimum atomic E-state index is -0.554. The van der Waals surface area contributed by atoms with E-state index in [0.717, 1.165) is 44.6 Å². The van der Waals surface area contributed by atoms with Crippen LogP contribution in [0.5, 0.6) is 0 Å². The normalized spacial score (nSPS) is 15.6. The molecule has 30 heavy (non-hydrogen) atoms. The third kappa shape index (κ3) is 7.04. The lowest BCUT2D eigenvalue weighted by atomic mass is 9.89. The van der Waals surface area contributed by atoms with E-state index in [1.165, 1.54) is 0 Å².